The van der Waals surface area contributed by atoms with E-state index in [0.717, 1.165) is 57.8 Å². The van der Waals surface area contributed by atoms with Gasteiger partial charge in [-0.2, -0.15) is 5.26 Å². The molecule has 2 saturated heterocycles. The minimum atomic E-state index is 0.254. The maximum absolute atomic E-state index is 12.2. The van der Waals surface area contributed by atoms with Crippen molar-refractivity contribution in [3.63, 3.8) is 0 Å². The third-order valence-electron chi connectivity index (χ3n) is 5.59. The number of carbonyl (C=O) groups is 1. The summed E-state index contributed by atoms with van der Waals surface area (Å²) in [5, 5.41) is 9.07. The number of rotatable bonds is 4. The van der Waals surface area contributed by atoms with Gasteiger partial charge in [0.05, 0.1) is 11.6 Å². The molecule has 3 rings (SSSR count). The molecule has 2 aliphatic heterocycles. The molecule has 0 aliphatic carbocycles. The molecule has 0 radical (unpaired) electrons. The zero-order chi connectivity index (χ0) is 17.9. The highest BCUT2D eigenvalue weighted by Gasteiger charge is 2.41. The number of carbonyl (C=O) groups excluding carboxylic acids is 1. The lowest BCUT2D eigenvalue weighted by atomic mass is 9.72. The van der Waals surface area contributed by atoms with Crippen molar-refractivity contribution >= 4 is 11.7 Å². The fourth-order valence-corrected chi connectivity index (χ4v) is 3.91. The Morgan fingerprint density at radius 3 is 2.76 bits per heavy atom. The van der Waals surface area contributed by atoms with E-state index in [1.54, 1.807) is 12.3 Å². The van der Waals surface area contributed by atoms with Gasteiger partial charge in [0.2, 0.25) is 5.91 Å². The van der Waals surface area contributed by atoms with E-state index in [2.05, 4.69) is 25.8 Å². The third kappa shape index (κ3) is 4.10. The molecule has 1 spiro atoms. The maximum atomic E-state index is 12.2. The van der Waals surface area contributed by atoms with Gasteiger partial charge in [0.1, 0.15) is 5.82 Å². The van der Waals surface area contributed by atoms with Crippen LogP contribution in [0, 0.1) is 16.7 Å². The first kappa shape index (κ1) is 17.7. The molecule has 1 aromatic heterocycles. The molecule has 2 fully saturated rings. The first-order chi connectivity index (χ1) is 12.0. The van der Waals surface area contributed by atoms with Crippen LogP contribution in [0.3, 0.4) is 0 Å². The normalized spacial score (nSPS) is 20.2. The molecule has 134 valence electrons. The van der Waals surface area contributed by atoms with Crippen molar-refractivity contribution in [1.29, 1.82) is 5.26 Å². The Kier molecular flexibility index (Phi) is 5.24. The number of aromatic nitrogens is 1. The van der Waals surface area contributed by atoms with Crippen LogP contribution in [0.25, 0.3) is 0 Å². The van der Waals surface area contributed by atoms with Crippen LogP contribution in [0.15, 0.2) is 18.3 Å². The van der Waals surface area contributed by atoms with Gasteiger partial charge in [-0.05, 0) is 50.9 Å². The standard InChI is InChI=1S/C19H27N5O/c1-22(2)11-12-24-15-19(5-3-18(24)25)6-9-23(10-7-19)17-13-16(14-20)4-8-21-17/h4,8,13H,3,5-7,9-12,15H2,1-2H3. The van der Waals surface area contributed by atoms with Crippen LogP contribution in [-0.2, 0) is 4.79 Å². The van der Waals surface area contributed by atoms with Gasteiger partial charge in [0.25, 0.3) is 0 Å². The molecule has 0 aromatic carbocycles. The molecule has 0 atom stereocenters. The molecule has 1 aromatic rings. The summed E-state index contributed by atoms with van der Waals surface area (Å²) in [6.07, 6.45) is 5.55. The second-order valence-electron chi connectivity index (χ2n) is 7.62. The van der Waals surface area contributed by atoms with Crippen LogP contribution in [0.4, 0.5) is 5.82 Å². The predicted molar refractivity (Wildman–Crippen MR) is 97.2 cm³/mol. The summed E-state index contributed by atoms with van der Waals surface area (Å²) in [7, 11) is 4.09. The summed E-state index contributed by atoms with van der Waals surface area (Å²) in [4.78, 5) is 23.1. The Hall–Kier alpha value is -2.13. The van der Waals surface area contributed by atoms with E-state index in [1.807, 2.05) is 20.2 Å². The highest BCUT2D eigenvalue weighted by molar-refractivity contribution is 5.77. The zero-order valence-corrected chi connectivity index (χ0v) is 15.2. The number of amides is 1. The van der Waals surface area contributed by atoms with Gasteiger partial charge in [-0.15, -0.1) is 0 Å². The third-order valence-corrected chi connectivity index (χ3v) is 5.59. The van der Waals surface area contributed by atoms with Crippen LogP contribution < -0.4 is 4.90 Å². The zero-order valence-electron chi connectivity index (χ0n) is 15.2. The molecule has 3 heterocycles. The highest BCUT2D eigenvalue weighted by atomic mass is 16.2. The van der Waals surface area contributed by atoms with Crippen molar-refractivity contribution in [3.05, 3.63) is 23.9 Å². The van der Waals surface area contributed by atoms with Gasteiger partial charge in [0, 0.05) is 45.3 Å². The van der Waals surface area contributed by atoms with Gasteiger partial charge < -0.3 is 14.7 Å². The molecule has 0 N–H and O–H groups in total. The number of nitrogens with zero attached hydrogens (tertiary/aromatic N) is 5. The number of hydrogen-bond acceptors (Lipinski definition) is 5. The lowest BCUT2D eigenvalue weighted by Crippen LogP contribution is -2.52. The van der Waals surface area contributed by atoms with E-state index in [1.165, 1.54) is 0 Å². The van der Waals surface area contributed by atoms with Crippen molar-refractivity contribution < 1.29 is 4.79 Å². The predicted octanol–water partition coefficient (Wildman–Crippen LogP) is 1.72. The number of anilines is 1. The number of piperidine rings is 2. The number of hydrogen-bond donors (Lipinski definition) is 0. The molecule has 6 heteroatoms. The molecule has 25 heavy (non-hydrogen) atoms. The van der Waals surface area contributed by atoms with E-state index in [4.69, 9.17) is 5.26 Å². The van der Waals surface area contributed by atoms with E-state index in [-0.39, 0.29) is 5.41 Å². The number of pyridine rings is 1. The lowest BCUT2D eigenvalue weighted by Gasteiger charge is -2.47. The van der Waals surface area contributed by atoms with Gasteiger partial charge in [-0.25, -0.2) is 4.98 Å². The van der Waals surface area contributed by atoms with E-state index in [9.17, 15) is 4.79 Å². The minimum Gasteiger partial charge on any atom is -0.357 e. The summed E-state index contributed by atoms with van der Waals surface area (Å²) >= 11 is 0. The van der Waals surface area contributed by atoms with Crippen LogP contribution in [0.1, 0.15) is 31.2 Å². The van der Waals surface area contributed by atoms with E-state index in [0.29, 0.717) is 17.9 Å². The van der Waals surface area contributed by atoms with Crippen LogP contribution >= 0.6 is 0 Å². The maximum Gasteiger partial charge on any atom is 0.222 e. The summed E-state index contributed by atoms with van der Waals surface area (Å²) in [6.45, 7) is 4.51. The Bertz CT molecular complexity index is 658. The van der Waals surface area contributed by atoms with Crippen LogP contribution in [0.2, 0.25) is 0 Å². The van der Waals surface area contributed by atoms with Crippen LogP contribution in [0.5, 0.6) is 0 Å². The van der Waals surface area contributed by atoms with Crippen molar-refractivity contribution in [3.8, 4) is 6.07 Å². The van der Waals surface area contributed by atoms with Crippen molar-refractivity contribution in [1.82, 2.24) is 14.8 Å². The quantitative estimate of drug-likeness (QED) is 0.834. The second kappa shape index (κ2) is 7.40. The molecule has 2 aliphatic rings. The average molecular weight is 341 g/mol. The van der Waals surface area contributed by atoms with Crippen molar-refractivity contribution in [2.75, 3.05) is 51.7 Å². The van der Waals surface area contributed by atoms with E-state index >= 15 is 0 Å². The molecular weight excluding hydrogens is 314 g/mol. The van der Waals surface area contributed by atoms with Gasteiger partial charge >= 0.3 is 0 Å². The number of likely N-dealkylation sites (N-methyl/N-ethyl adjacent to an activating group) is 1. The SMILES string of the molecule is CN(C)CCN1CC2(CCC1=O)CCN(c1cc(C#N)ccn1)CC2. The fourth-order valence-electron chi connectivity index (χ4n) is 3.91. The van der Waals surface area contributed by atoms with Gasteiger partial charge in [0.15, 0.2) is 0 Å². The molecule has 0 saturated carbocycles. The summed E-state index contributed by atoms with van der Waals surface area (Å²) in [5.41, 5.74) is 0.909. The Balaban J connectivity index is 1.62. The minimum absolute atomic E-state index is 0.254. The Morgan fingerprint density at radius 2 is 2.08 bits per heavy atom. The van der Waals surface area contributed by atoms with Crippen molar-refractivity contribution in [2.24, 2.45) is 5.41 Å². The molecular formula is C19H27N5O. The first-order valence-electron chi connectivity index (χ1n) is 9.05. The summed E-state index contributed by atoms with van der Waals surface area (Å²) < 4.78 is 0. The van der Waals surface area contributed by atoms with Gasteiger partial charge in [-0.3, -0.25) is 4.79 Å². The summed E-state index contributed by atoms with van der Waals surface area (Å²) in [5.74, 6) is 1.20. The Morgan fingerprint density at radius 1 is 1.32 bits per heavy atom. The van der Waals surface area contributed by atoms with Gasteiger partial charge in [-0.1, -0.05) is 0 Å². The topological polar surface area (TPSA) is 63.5 Å². The largest absolute Gasteiger partial charge is 0.357 e. The highest BCUT2D eigenvalue weighted by Crippen LogP contribution is 2.40. The lowest BCUT2D eigenvalue weighted by molar-refractivity contribution is -0.138. The molecule has 1 amide bonds. The smallest absolute Gasteiger partial charge is 0.222 e. The fraction of sp³-hybridized carbons (Fsp3) is 0.632. The second-order valence-corrected chi connectivity index (χ2v) is 7.62. The van der Waals surface area contributed by atoms with E-state index < -0.39 is 0 Å². The molecule has 6 nitrogen and oxygen atoms in total. The average Bonchev–Trinajstić information content (AvgIpc) is 2.63. The number of nitriles is 1. The molecule has 0 unspecified atom stereocenters. The monoisotopic (exact) mass is 341 g/mol. The van der Waals surface area contributed by atoms with Crippen LogP contribution in [-0.4, -0.2) is 67.5 Å². The van der Waals surface area contributed by atoms with Crippen molar-refractivity contribution in [2.45, 2.75) is 25.7 Å². The molecule has 0 bridgehead atoms. The number of likely N-dealkylation sites (tertiary alicyclic amines) is 1. The first-order valence-corrected chi connectivity index (χ1v) is 9.05. The Labute approximate surface area is 150 Å². The summed E-state index contributed by atoms with van der Waals surface area (Å²) in [6, 6.07) is 5.79.